The number of benzene rings is 3. The number of rotatable bonds is 11. The van der Waals surface area contributed by atoms with E-state index in [-0.39, 0.29) is 28.3 Å². The monoisotopic (exact) mass is 535 g/mol. The van der Waals surface area contributed by atoms with Gasteiger partial charge in [-0.1, -0.05) is 12.1 Å². The molecule has 11 nitrogen and oxygen atoms in total. The van der Waals surface area contributed by atoms with Crippen molar-refractivity contribution in [1.82, 2.24) is 10.2 Å². The lowest BCUT2D eigenvalue weighted by Crippen LogP contribution is -1.98. The number of carbonyl (C=O) groups is 1. The largest absolute Gasteiger partial charge is 0.497 e. The van der Waals surface area contributed by atoms with Gasteiger partial charge >= 0.3 is 5.97 Å². The van der Waals surface area contributed by atoms with E-state index >= 15 is 0 Å². The van der Waals surface area contributed by atoms with Gasteiger partial charge in [-0.3, -0.25) is 10.1 Å². The number of nitro groups is 1. The summed E-state index contributed by atoms with van der Waals surface area (Å²) in [7, 11) is 3.04. The number of carboxylic acid groups (broad SMARTS) is 1. The third-order valence-electron chi connectivity index (χ3n) is 5.12. The van der Waals surface area contributed by atoms with Crippen LogP contribution in [0.4, 0.5) is 5.69 Å². The van der Waals surface area contributed by atoms with E-state index in [1.165, 1.54) is 32.4 Å². The molecule has 1 aromatic heterocycles. The molecule has 4 rings (SSSR count). The minimum atomic E-state index is -1.17. The van der Waals surface area contributed by atoms with Gasteiger partial charge in [0.2, 0.25) is 5.89 Å². The highest BCUT2D eigenvalue weighted by Crippen LogP contribution is 2.33. The third kappa shape index (κ3) is 6.68. The molecule has 38 heavy (non-hydrogen) atoms. The Morgan fingerprint density at radius 1 is 1.03 bits per heavy atom. The summed E-state index contributed by atoms with van der Waals surface area (Å²) in [5, 5.41) is 28.6. The molecule has 0 saturated carbocycles. The SMILES string of the molecule is COc1cc(OC)cc(-c2nnc(S/C(=C\c3cccc(OCc4ccc([N+](=O)[O-])cc4)c3)C(=O)O)o2)c1. The van der Waals surface area contributed by atoms with Crippen LogP contribution in [0.3, 0.4) is 0 Å². The van der Waals surface area contributed by atoms with E-state index in [4.69, 9.17) is 18.6 Å². The Morgan fingerprint density at radius 3 is 2.37 bits per heavy atom. The Hall–Kier alpha value is -4.84. The fourth-order valence-electron chi connectivity index (χ4n) is 3.25. The Bertz CT molecular complexity index is 1460. The minimum absolute atomic E-state index is 0.00354. The van der Waals surface area contributed by atoms with E-state index in [1.54, 1.807) is 54.6 Å². The standard InChI is InChI=1S/C26H21N3O8S/c1-34-21-12-18(13-22(14-21)35-2)24-27-28-26(37-24)38-23(25(30)31)11-17-4-3-5-20(10-17)36-15-16-6-8-19(9-7-16)29(32)33/h3-14H,15H2,1-2H3,(H,30,31)/b23-11-. The van der Waals surface area contributed by atoms with Crippen molar-refractivity contribution in [2.75, 3.05) is 14.2 Å². The fourth-order valence-corrected chi connectivity index (χ4v) is 3.93. The molecule has 0 atom stereocenters. The summed E-state index contributed by atoms with van der Waals surface area (Å²) in [6.45, 7) is 0.186. The quantitative estimate of drug-likeness (QED) is 0.113. The lowest BCUT2D eigenvalue weighted by atomic mass is 10.2. The van der Waals surface area contributed by atoms with Crippen molar-refractivity contribution in [3.05, 3.63) is 92.9 Å². The molecule has 0 unspecified atom stereocenters. The van der Waals surface area contributed by atoms with E-state index in [9.17, 15) is 20.0 Å². The average molecular weight is 536 g/mol. The van der Waals surface area contributed by atoms with Crippen LogP contribution >= 0.6 is 11.8 Å². The summed E-state index contributed by atoms with van der Waals surface area (Å²) in [5.74, 6) is 0.576. The highest BCUT2D eigenvalue weighted by molar-refractivity contribution is 8.03. The molecule has 0 fully saturated rings. The second-order valence-electron chi connectivity index (χ2n) is 7.67. The van der Waals surface area contributed by atoms with Crippen LogP contribution in [0.15, 0.2) is 81.3 Å². The third-order valence-corrected chi connectivity index (χ3v) is 5.97. The Morgan fingerprint density at radius 2 is 1.74 bits per heavy atom. The van der Waals surface area contributed by atoms with Crippen LogP contribution in [-0.2, 0) is 11.4 Å². The second kappa shape index (κ2) is 11.9. The first-order valence-corrected chi connectivity index (χ1v) is 11.8. The summed E-state index contributed by atoms with van der Waals surface area (Å²) < 4.78 is 22.0. The first kappa shape index (κ1) is 26.2. The van der Waals surface area contributed by atoms with Crippen LogP contribution in [0.1, 0.15) is 11.1 Å². The van der Waals surface area contributed by atoms with Crippen LogP contribution in [-0.4, -0.2) is 40.4 Å². The van der Waals surface area contributed by atoms with Crippen LogP contribution < -0.4 is 14.2 Å². The normalized spacial score (nSPS) is 11.2. The zero-order chi connectivity index (χ0) is 27.1. The fraction of sp³-hybridized carbons (Fsp3) is 0.115. The lowest BCUT2D eigenvalue weighted by Gasteiger charge is -2.07. The number of methoxy groups -OCH3 is 2. The lowest BCUT2D eigenvalue weighted by molar-refractivity contribution is -0.384. The Labute approximate surface area is 220 Å². The number of aromatic nitrogens is 2. The summed E-state index contributed by atoms with van der Waals surface area (Å²) >= 11 is 0.810. The molecule has 12 heteroatoms. The van der Waals surface area contributed by atoms with E-state index in [2.05, 4.69) is 10.2 Å². The molecule has 0 aliphatic carbocycles. The molecular weight excluding hydrogens is 514 g/mol. The Balaban J connectivity index is 1.48. The Kier molecular flexibility index (Phi) is 8.23. The second-order valence-corrected chi connectivity index (χ2v) is 8.67. The average Bonchev–Trinajstić information content (AvgIpc) is 3.40. The number of nitro benzene ring substituents is 1. The number of nitrogens with zero attached hydrogens (tertiary/aromatic N) is 3. The smallest absolute Gasteiger partial charge is 0.342 e. The predicted octanol–water partition coefficient (Wildman–Crippen LogP) is 5.46. The maximum absolute atomic E-state index is 11.9. The van der Waals surface area contributed by atoms with E-state index < -0.39 is 10.9 Å². The van der Waals surface area contributed by atoms with Crippen LogP contribution in [0, 0.1) is 10.1 Å². The molecule has 3 aromatic carbocycles. The number of hydrogen-bond acceptors (Lipinski definition) is 10. The number of ether oxygens (including phenoxy) is 3. The van der Waals surface area contributed by atoms with Crippen molar-refractivity contribution in [3.63, 3.8) is 0 Å². The van der Waals surface area contributed by atoms with Crippen molar-refractivity contribution < 1.29 is 33.5 Å². The molecule has 0 radical (unpaired) electrons. The summed E-state index contributed by atoms with van der Waals surface area (Å²) in [6.07, 6.45) is 1.46. The highest BCUT2D eigenvalue weighted by atomic mass is 32.2. The van der Waals surface area contributed by atoms with Gasteiger partial charge in [0.05, 0.1) is 19.1 Å². The van der Waals surface area contributed by atoms with Crippen molar-refractivity contribution in [2.24, 2.45) is 0 Å². The molecule has 0 amide bonds. The molecule has 0 spiro atoms. The van der Waals surface area contributed by atoms with Crippen molar-refractivity contribution >= 4 is 29.5 Å². The van der Waals surface area contributed by atoms with E-state index in [0.717, 1.165) is 17.3 Å². The van der Waals surface area contributed by atoms with Gasteiger partial charge in [-0.15, -0.1) is 10.2 Å². The first-order chi connectivity index (χ1) is 18.3. The van der Waals surface area contributed by atoms with Gasteiger partial charge < -0.3 is 23.7 Å². The van der Waals surface area contributed by atoms with Gasteiger partial charge in [-0.2, -0.15) is 0 Å². The number of thioether (sulfide) groups is 1. The minimum Gasteiger partial charge on any atom is -0.497 e. The van der Waals surface area contributed by atoms with E-state index in [1.807, 2.05) is 0 Å². The van der Waals surface area contributed by atoms with Crippen LogP contribution in [0.5, 0.6) is 17.2 Å². The van der Waals surface area contributed by atoms with Crippen molar-refractivity contribution in [2.45, 2.75) is 11.8 Å². The van der Waals surface area contributed by atoms with Crippen LogP contribution in [0.2, 0.25) is 0 Å². The van der Waals surface area contributed by atoms with Gasteiger partial charge in [0.15, 0.2) is 0 Å². The molecular formula is C26H21N3O8S. The molecule has 0 bridgehead atoms. The van der Waals surface area contributed by atoms with Gasteiger partial charge in [0.25, 0.3) is 10.9 Å². The summed E-state index contributed by atoms with van der Waals surface area (Å²) in [6, 6.07) is 18.0. The zero-order valence-corrected chi connectivity index (χ0v) is 21.0. The number of non-ortho nitro benzene ring substituents is 1. The molecule has 194 valence electrons. The summed E-state index contributed by atoms with van der Waals surface area (Å²) in [5.41, 5.74) is 1.88. The van der Waals surface area contributed by atoms with Gasteiger partial charge in [0, 0.05) is 23.8 Å². The topological polar surface area (TPSA) is 147 Å². The van der Waals surface area contributed by atoms with Gasteiger partial charge in [-0.25, -0.2) is 4.79 Å². The number of carboxylic acids is 1. The molecule has 1 heterocycles. The molecule has 4 aromatic rings. The molecule has 0 saturated heterocycles. The molecule has 1 N–H and O–H groups in total. The van der Waals surface area contributed by atoms with E-state index in [0.29, 0.717) is 28.4 Å². The highest BCUT2D eigenvalue weighted by Gasteiger charge is 2.17. The summed E-state index contributed by atoms with van der Waals surface area (Å²) in [4.78, 5) is 22.2. The zero-order valence-electron chi connectivity index (χ0n) is 20.2. The van der Waals surface area contributed by atoms with Crippen molar-refractivity contribution in [3.8, 4) is 28.7 Å². The maximum atomic E-state index is 11.9. The molecule has 0 aliphatic heterocycles. The first-order valence-electron chi connectivity index (χ1n) is 11.0. The number of hydrogen-bond donors (Lipinski definition) is 1. The van der Waals surface area contributed by atoms with Crippen molar-refractivity contribution in [1.29, 1.82) is 0 Å². The van der Waals surface area contributed by atoms with Crippen LogP contribution in [0.25, 0.3) is 17.5 Å². The number of aliphatic carboxylic acids is 1. The van der Waals surface area contributed by atoms with Gasteiger partial charge in [-0.05, 0) is 65.4 Å². The van der Waals surface area contributed by atoms with Gasteiger partial charge in [0.1, 0.15) is 28.8 Å². The maximum Gasteiger partial charge on any atom is 0.342 e. The predicted molar refractivity (Wildman–Crippen MR) is 138 cm³/mol. The molecule has 0 aliphatic rings.